The third-order valence-electron chi connectivity index (χ3n) is 3.91. The number of guanidine groups is 1. The predicted molar refractivity (Wildman–Crippen MR) is 96.6 cm³/mol. The summed E-state index contributed by atoms with van der Waals surface area (Å²) < 4.78 is 5.76. The Kier molecular flexibility index (Phi) is 13.3. The lowest BCUT2D eigenvalue weighted by atomic mass is 10.0. The third-order valence-corrected chi connectivity index (χ3v) is 3.91. The van der Waals surface area contributed by atoms with Gasteiger partial charge < -0.3 is 20.3 Å². The van der Waals surface area contributed by atoms with E-state index in [9.17, 15) is 0 Å². The first kappa shape index (κ1) is 21.2. The fraction of sp³-hybridized carbons (Fsp3) is 0.941. The first-order valence-corrected chi connectivity index (χ1v) is 8.87. The largest absolute Gasteiger partial charge is 0.378 e. The molecule has 0 saturated carbocycles. The number of hydrogen-bond donors (Lipinski definition) is 2. The standard InChI is InChI=1S/C17H38N4O/c1-7-21(8-2)14-10-12-19-17(18-6)20-13-11-16(15(4)5)22-9-3/h15-16H,7-14H2,1-6H3,(H2,18,19,20). The maximum atomic E-state index is 5.76. The van der Waals surface area contributed by atoms with E-state index in [4.69, 9.17) is 4.74 Å². The number of ether oxygens (including phenoxy) is 1. The summed E-state index contributed by atoms with van der Waals surface area (Å²) in [7, 11) is 1.82. The Morgan fingerprint density at radius 2 is 1.73 bits per heavy atom. The smallest absolute Gasteiger partial charge is 0.190 e. The molecule has 0 radical (unpaired) electrons. The molecule has 0 saturated heterocycles. The molecule has 0 rings (SSSR count). The van der Waals surface area contributed by atoms with E-state index in [2.05, 4.69) is 55.1 Å². The molecule has 0 aliphatic heterocycles. The molecule has 22 heavy (non-hydrogen) atoms. The van der Waals surface area contributed by atoms with Gasteiger partial charge in [-0.1, -0.05) is 27.7 Å². The summed E-state index contributed by atoms with van der Waals surface area (Å²) in [5.41, 5.74) is 0. The van der Waals surface area contributed by atoms with Gasteiger partial charge >= 0.3 is 0 Å². The minimum absolute atomic E-state index is 0.318. The van der Waals surface area contributed by atoms with E-state index in [1.807, 2.05) is 7.05 Å². The van der Waals surface area contributed by atoms with Crippen molar-refractivity contribution in [1.29, 1.82) is 0 Å². The van der Waals surface area contributed by atoms with Gasteiger partial charge in [-0.15, -0.1) is 0 Å². The van der Waals surface area contributed by atoms with Gasteiger partial charge in [-0.25, -0.2) is 0 Å². The molecule has 0 aromatic carbocycles. The summed E-state index contributed by atoms with van der Waals surface area (Å²) in [5, 5.41) is 6.75. The molecule has 0 fully saturated rings. The highest BCUT2D eigenvalue weighted by molar-refractivity contribution is 5.79. The molecule has 132 valence electrons. The number of nitrogens with one attached hydrogen (secondary N) is 2. The average Bonchev–Trinajstić information content (AvgIpc) is 2.52. The normalized spacial score (nSPS) is 13.7. The van der Waals surface area contributed by atoms with Crippen LogP contribution in [0.5, 0.6) is 0 Å². The lowest BCUT2D eigenvalue weighted by Crippen LogP contribution is -2.40. The molecular formula is C17H38N4O. The van der Waals surface area contributed by atoms with E-state index < -0.39 is 0 Å². The molecule has 0 bridgehead atoms. The van der Waals surface area contributed by atoms with Crippen molar-refractivity contribution in [1.82, 2.24) is 15.5 Å². The molecule has 0 aliphatic carbocycles. The minimum atomic E-state index is 0.318. The first-order chi connectivity index (χ1) is 10.6. The minimum Gasteiger partial charge on any atom is -0.378 e. The van der Waals surface area contributed by atoms with Crippen molar-refractivity contribution in [3.63, 3.8) is 0 Å². The topological polar surface area (TPSA) is 48.9 Å². The summed E-state index contributed by atoms with van der Waals surface area (Å²) in [6.45, 7) is 16.9. The second-order valence-electron chi connectivity index (χ2n) is 5.83. The molecular weight excluding hydrogens is 276 g/mol. The third kappa shape index (κ3) is 10.0. The summed E-state index contributed by atoms with van der Waals surface area (Å²) in [6.07, 6.45) is 2.46. The van der Waals surface area contributed by atoms with Gasteiger partial charge in [-0.3, -0.25) is 4.99 Å². The van der Waals surface area contributed by atoms with Crippen LogP contribution < -0.4 is 10.6 Å². The van der Waals surface area contributed by atoms with Gasteiger partial charge in [-0.2, -0.15) is 0 Å². The van der Waals surface area contributed by atoms with E-state index in [-0.39, 0.29) is 0 Å². The maximum absolute atomic E-state index is 5.76. The highest BCUT2D eigenvalue weighted by Crippen LogP contribution is 2.09. The Hall–Kier alpha value is -0.810. The van der Waals surface area contributed by atoms with Crippen LogP contribution in [0.25, 0.3) is 0 Å². The second-order valence-corrected chi connectivity index (χ2v) is 5.83. The van der Waals surface area contributed by atoms with Gasteiger partial charge in [0.2, 0.25) is 0 Å². The van der Waals surface area contributed by atoms with Gasteiger partial charge in [0.1, 0.15) is 0 Å². The van der Waals surface area contributed by atoms with E-state index in [1.165, 1.54) is 0 Å². The first-order valence-electron chi connectivity index (χ1n) is 8.87. The van der Waals surface area contributed by atoms with E-state index >= 15 is 0 Å². The van der Waals surface area contributed by atoms with Crippen LogP contribution in [0, 0.1) is 5.92 Å². The van der Waals surface area contributed by atoms with Crippen LogP contribution in [0.4, 0.5) is 0 Å². The molecule has 1 atom stereocenters. The molecule has 0 amide bonds. The number of hydrogen-bond acceptors (Lipinski definition) is 3. The zero-order valence-corrected chi connectivity index (χ0v) is 15.6. The van der Waals surface area contributed by atoms with Gasteiger partial charge in [0.25, 0.3) is 0 Å². The van der Waals surface area contributed by atoms with Gasteiger partial charge in [-0.05, 0) is 45.3 Å². The van der Waals surface area contributed by atoms with Crippen molar-refractivity contribution in [3.8, 4) is 0 Å². The Balaban J connectivity index is 3.88. The van der Waals surface area contributed by atoms with Gasteiger partial charge in [0, 0.05) is 26.7 Å². The van der Waals surface area contributed by atoms with Crippen LogP contribution in [0.2, 0.25) is 0 Å². The quantitative estimate of drug-likeness (QED) is 0.330. The summed E-state index contributed by atoms with van der Waals surface area (Å²) in [4.78, 5) is 6.71. The summed E-state index contributed by atoms with van der Waals surface area (Å²) in [6, 6.07) is 0. The Morgan fingerprint density at radius 3 is 2.23 bits per heavy atom. The number of aliphatic imine (C=N–C) groups is 1. The highest BCUT2D eigenvalue weighted by Gasteiger charge is 2.12. The molecule has 0 aliphatic rings. The molecule has 5 heteroatoms. The van der Waals surface area contributed by atoms with Crippen molar-refractivity contribution >= 4 is 5.96 Å². The van der Waals surface area contributed by atoms with E-state index in [0.29, 0.717) is 12.0 Å². The van der Waals surface area contributed by atoms with Crippen molar-refractivity contribution in [2.75, 3.05) is 46.4 Å². The van der Waals surface area contributed by atoms with Crippen molar-refractivity contribution < 1.29 is 4.74 Å². The Bertz CT molecular complexity index is 278. The average molecular weight is 315 g/mol. The van der Waals surface area contributed by atoms with E-state index in [0.717, 1.165) is 58.1 Å². The summed E-state index contributed by atoms with van der Waals surface area (Å²) >= 11 is 0. The predicted octanol–water partition coefficient (Wildman–Crippen LogP) is 2.33. The van der Waals surface area contributed by atoms with Crippen molar-refractivity contribution in [2.24, 2.45) is 10.9 Å². The maximum Gasteiger partial charge on any atom is 0.190 e. The number of rotatable bonds is 12. The molecule has 0 spiro atoms. The highest BCUT2D eigenvalue weighted by atomic mass is 16.5. The molecule has 2 N–H and O–H groups in total. The van der Waals surface area contributed by atoms with E-state index in [1.54, 1.807) is 0 Å². The van der Waals surface area contributed by atoms with Crippen LogP contribution >= 0.6 is 0 Å². The van der Waals surface area contributed by atoms with Gasteiger partial charge in [0.05, 0.1) is 6.10 Å². The van der Waals surface area contributed by atoms with Crippen molar-refractivity contribution in [2.45, 2.75) is 53.6 Å². The Labute approximate surface area is 137 Å². The molecule has 0 aromatic rings. The fourth-order valence-corrected chi connectivity index (χ4v) is 2.43. The second kappa shape index (κ2) is 13.8. The van der Waals surface area contributed by atoms with Crippen LogP contribution in [-0.4, -0.2) is 63.3 Å². The molecule has 0 aromatic heterocycles. The monoisotopic (exact) mass is 314 g/mol. The van der Waals surface area contributed by atoms with Crippen molar-refractivity contribution in [3.05, 3.63) is 0 Å². The number of nitrogens with zero attached hydrogens (tertiary/aromatic N) is 2. The molecule has 0 heterocycles. The SMILES string of the molecule is CCOC(CCNC(=NC)NCCCN(CC)CC)C(C)C. The fourth-order valence-electron chi connectivity index (χ4n) is 2.43. The molecule has 1 unspecified atom stereocenters. The zero-order chi connectivity index (χ0) is 16.8. The lowest BCUT2D eigenvalue weighted by Gasteiger charge is -2.22. The summed E-state index contributed by atoms with van der Waals surface area (Å²) in [5.74, 6) is 1.43. The van der Waals surface area contributed by atoms with Crippen LogP contribution in [0.1, 0.15) is 47.5 Å². The van der Waals surface area contributed by atoms with Crippen LogP contribution in [-0.2, 0) is 4.74 Å². The lowest BCUT2D eigenvalue weighted by molar-refractivity contribution is 0.0258. The van der Waals surface area contributed by atoms with Crippen LogP contribution in [0.3, 0.4) is 0 Å². The van der Waals surface area contributed by atoms with Crippen LogP contribution in [0.15, 0.2) is 4.99 Å². The molecule has 5 nitrogen and oxygen atoms in total. The van der Waals surface area contributed by atoms with Gasteiger partial charge in [0.15, 0.2) is 5.96 Å². The zero-order valence-electron chi connectivity index (χ0n) is 15.6. The Morgan fingerprint density at radius 1 is 1.09 bits per heavy atom.